The van der Waals surface area contributed by atoms with Crippen LogP contribution in [0.1, 0.15) is 32.6 Å². The summed E-state index contributed by atoms with van der Waals surface area (Å²) < 4.78 is 34.1. The van der Waals surface area contributed by atoms with Crippen LogP contribution in [-0.4, -0.2) is 50.5 Å². The van der Waals surface area contributed by atoms with Crippen LogP contribution in [0.25, 0.3) is 10.8 Å². The number of methoxy groups -OCH3 is 1. The predicted molar refractivity (Wildman–Crippen MR) is 110 cm³/mol. The Morgan fingerprint density at radius 2 is 2.11 bits per heavy atom. The minimum absolute atomic E-state index is 0. The second-order valence-corrected chi connectivity index (χ2v) is 8.50. The van der Waals surface area contributed by atoms with Crippen LogP contribution in [0, 0.1) is 0 Å². The minimum Gasteiger partial charge on any atom is -0.481 e. The average molecular weight is 414 g/mol. The molecular formula is C19H28ClN3O3S. The van der Waals surface area contributed by atoms with E-state index >= 15 is 0 Å². The van der Waals surface area contributed by atoms with Crippen LogP contribution < -0.4 is 10.1 Å². The molecule has 3 rings (SSSR count). The zero-order valence-electron chi connectivity index (χ0n) is 15.8. The molecule has 1 aromatic carbocycles. The Labute approximate surface area is 167 Å². The van der Waals surface area contributed by atoms with E-state index in [2.05, 4.69) is 17.2 Å². The molecule has 1 aliphatic heterocycles. The van der Waals surface area contributed by atoms with Gasteiger partial charge in [-0.25, -0.2) is 13.4 Å². The van der Waals surface area contributed by atoms with E-state index in [0.29, 0.717) is 34.6 Å². The number of aromatic nitrogens is 1. The van der Waals surface area contributed by atoms with Crippen molar-refractivity contribution < 1.29 is 13.2 Å². The second kappa shape index (κ2) is 9.68. The van der Waals surface area contributed by atoms with E-state index < -0.39 is 10.0 Å². The molecule has 0 bridgehead atoms. The summed E-state index contributed by atoms with van der Waals surface area (Å²) in [5.41, 5.74) is 0. The Bertz CT molecular complexity index is 860. The molecule has 1 aliphatic rings. The normalized spacial score (nSPS) is 18.7. The molecule has 27 heavy (non-hydrogen) atoms. The van der Waals surface area contributed by atoms with E-state index in [1.54, 1.807) is 35.8 Å². The number of fused-ring (bicyclic) bond motifs is 1. The summed E-state index contributed by atoms with van der Waals surface area (Å²) in [7, 11) is -2.06. The van der Waals surface area contributed by atoms with Crippen LogP contribution in [-0.2, 0) is 10.0 Å². The number of hydrogen-bond acceptors (Lipinski definition) is 5. The van der Waals surface area contributed by atoms with Crippen molar-refractivity contribution in [3.05, 3.63) is 30.5 Å². The monoisotopic (exact) mass is 413 g/mol. The lowest BCUT2D eigenvalue weighted by atomic mass is 10.1. The summed E-state index contributed by atoms with van der Waals surface area (Å²) >= 11 is 0. The van der Waals surface area contributed by atoms with Crippen molar-refractivity contribution in [3.63, 3.8) is 0 Å². The number of hydrogen-bond donors (Lipinski definition) is 1. The minimum atomic E-state index is -3.61. The fraction of sp³-hybridized carbons (Fsp3) is 0.526. The molecule has 2 heterocycles. The summed E-state index contributed by atoms with van der Waals surface area (Å²) in [4.78, 5) is 4.52. The Morgan fingerprint density at radius 1 is 1.30 bits per heavy atom. The van der Waals surface area contributed by atoms with E-state index in [4.69, 9.17) is 4.74 Å². The van der Waals surface area contributed by atoms with E-state index in [1.165, 1.54) is 0 Å². The highest BCUT2D eigenvalue weighted by Crippen LogP contribution is 2.31. The van der Waals surface area contributed by atoms with Crippen LogP contribution in [0.15, 0.2) is 35.4 Å². The molecule has 0 amide bonds. The van der Waals surface area contributed by atoms with E-state index in [-0.39, 0.29) is 18.4 Å². The predicted octanol–water partition coefficient (Wildman–Crippen LogP) is 3.21. The lowest BCUT2D eigenvalue weighted by Crippen LogP contribution is -2.43. The Kier molecular flexibility index (Phi) is 7.85. The first-order valence-corrected chi connectivity index (χ1v) is 10.7. The lowest BCUT2D eigenvalue weighted by Gasteiger charge is -2.29. The Morgan fingerprint density at radius 3 is 2.85 bits per heavy atom. The lowest BCUT2D eigenvalue weighted by molar-refractivity contribution is 0.313. The number of nitrogens with one attached hydrogen (secondary N) is 1. The molecule has 6 nitrogen and oxygen atoms in total. The molecule has 1 aromatic heterocycles. The molecule has 1 atom stereocenters. The van der Waals surface area contributed by atoms with Gasteiger partial charge in [-0.2, -0.15) is 4.31 Å². The molecule has 0 spiro atoms. The van der Waals surface area contributed by atoms with Crippen molar-refractivity contribution in [2.24, 2.45) is 0 Å². The first-order valence-electron chi connectivity index (χ1n) is 9.24. The van der Waals surface area contributed by atoms with Gasteiger partial charge in [0.2, 0.25) is 15.9 Å². The first-order chi connectivity index (χ1) is 12.6. The molecule has 1 fully saturated rings. The molecule has 1 saturated heterocycles. The number of benzene rings is 1. The third-order valence-electron chi connectivity index (χ3n) is 4.92. The van der Waals surface area contributed by atoms with Crippen molar-refractivity contribution in [1.82, 2.24) is 14.6 Å². The number of ether oxygens (including phenoxy) is 1. The summed E-state index contributed by atoms with van der Waals surface area (Å²) in [6.45, 7) is 4.23. The average Bonchev–Trinajstić information content (AvgIpc) is 2.91. The summed E-state index contributed by atoms with van der Waals surface area (Å²) in [5, 5.41) is 4.75. The Hall–Kier alpha value is -1.41. The van der Waals surface area contributed by atoms with Gasteiger partial charge in [-0.15, -0.1) is 12.4 Å². The van der Waals surface area contributed by atoms with Crippen molar-refractivity contribution >= 4 is 33.2 Å². The van der Waals surface area contributed by atoms with Gasteiger partial charge >= 0.3 is 0 Å². The van der Waals surface area contributed by atoms with Gasteiger partial charge in [-0.1, -0.05) is 25.8 Å². The van der Waals surface area contributed by atoms with Gasteiger partial charge in [0.05, 0.1) is 12.0 Å². The fourth-order valence-electron chi connectivity index (χ4n) is 3.58. The van der Waals surface area contributed by atoms with Crippen molar-refractivity contribution in [2.75, 3.05) is 26.7 Å². The first kappa shape index (κ1) is 21.9. The molecule has 0 aliphatic carbocycles. The largest absolute Gasteiger partial charge is 0.481 e. The highest BCUT2D eigenvalue weighted by molar-refractivity contribution is 7.89. The molecular weight excluding hydrogens is 386 g/mol. The van der Waals surface area contributed by atoms with Gasteiger partial charge in [-0.05, 0) is 37.6 Å². The highest BCUT2D eigenvalue weighted by atomic mass is 35.5. The van der Waals surface area contributed by atoms with Gasteiger partial charge in [0, 0.05) is 36.1 Å². The van der Waals surface area contributed by atoms with Crippen LogP contribution >= 0.6 is 12.4 Å². The van der Waals surface area contributed by atoms with Crippen LogP contribution in [0.4, 0.5) is 0 Å². The summed E-state index contributed by atoms with van der Waals surface area (Å²) in [5.74, 6) is 0.444. The van der Waals surface area contributed by atoms with E-state index in [0.717, 1.165) is 32.2 Å². The van der Waals surface area contributed by atoms with Crippen LogP contribution in [0.3, 0.4) is 0 Å². The number of pyridine rings is 1. The SMILES string of the molecule is CCCC[C@@H]1CNCCCN1S(=O)(=O)c1cccc2c(OC)nccc12.Cl. The molecule has 0 saturated carbocycles. The van der Waals surface area contributed by atoms with Gasteiger partial charge < -0.3 is 10.1 Å². The van der Waals surface area contributed by atoms with Gasteiger partial charge in [0.15, 0.2) is 0 Å². The smallest absolute Gasteiger partial charge is 0.243 e. The molecule has 2 aromatic rings. The van der Waals surface area contributed by atoms with Gasteiger partial charge in [0.1, 0.15) is 0 Å². The zero-order chi connectivity index (χ0) is 18.6. The van der Waals surface area contributed by atoms with Gasteiger partial charge in [-0.3, -0.25) is 0 Å². The number of halogens is 1. The molecule has 1 N–H and O–H groups in total. The maximum atomic E-state index is 13.6. The Balaban J connectivity index is 0.00000261. The molecule has 150 valence electrons. The zero-order valence-corrected chi connectivity index (χ0v) is 17.5. The van der Waals surface area contributed by atoms with Crippen LogP contribution in [0.5, 0.6) is 5.88 Å². The van der Waals surface area contributed by atoms with Crippen molar-refractivity contribution in [3.8, 4) is 5.88 Å². The third kappa shape index (κ3) is 4.54. The van der Waals surface area contributed by atoms with E-state index in [9.17, 15) is 8.42 Å². The summed E-state index contributed by atoms with van der Waals surface area (Å²) in [6, 6.07) is 7.03. The third-order valence-corrected chi connectivity index (χ3v) is 6.93. The fourth-order valence-corrected chi connectivity index (χ4v) is 5.48. The maximum absolute atomic E-state index is 13.6. The number of rotatable bonds is 6. The number of unbranched alkanes of at least 4 members (excludes halogenated alkanes) is 1. The van der Waals surface area contributed by atoms with Gasteiger partial charge in [0.25, 0.3) is 0 Å². The quantitative estimate of drug-likeness (QED) is 0.787. The topological polar surface area (TPSA) is 71.5 Å². The summed E-state index contributed by atoms with van der Waals surface area (Å²) in [6.07, 6.45) is 5.36. The molecule has 8 heteroatoms. The highest BCUT2D eigenvalue weighted by Gasteiger charge is 2.33. The molecule has 0 unspecified atom stereocenters. The van der Waals surface area contributed by atoms with Crippen molar-refractivity contribution in [2.45, 2.75) is 43.5 Å². The number of sulfonamides is 1. The molecule has 0 radical (unpaired) electrons. The standard InChI is InChI=1S/C19H27N3O3S.ClH/c1-3-4-7-15-14-20-11-6-13-22(15)26(23,24)18-9-5-8-17-16(18)10-12-21-19(17)25-2;/h5,8-10,12,15,20H,3-4,6-7,11,13-14H2,1-2H3;1H/t15-;/m1./s1. The van der Waals surface area contributed by atoms with Crippen molar-refractivity contribution in [1.29, 1.82) is 0 Å². The van der Waals surface area contributed by atoms with E-state index in [1.807, 2.05) is 6.07 Å². The number of nitrogens with zero attached hydrogens (tertiary/aromatic N) is 2. The maximum Gasteiger partial charge on any atom is 0.243 e. The van der Waals surface area contributed by atoms with Crippen LogP contribution in [0.2, 0.25) is 0 Å². The second-order valence-electron chi connectivity index (χ2n) is 6.64.